The van der Waals surface area contributed by atoms with Crippen molar-refractivity contribution in [2.75, 3.05) is 6.54 Å². The maximum absolute atomic E-state index is 12.9. The molecule has 0 aliphatic carbocycles. The summed E-state index contributed by atoms with van der Waals surface area (Å²) in [7, 11) is 0. The Morgan fingerprint density at radius 3 is 2.44 bits per heavy atom. The van der Waals surface area contributed by atoms with Crippen LogP contribution in [0.4, 0.5) is 4.39 Å². The molecule has 1 aromatic rings. The monoisotopic (exact) mass is 251 g/mol. The van der Waals surface area contributed by atoms with Crippen molar-refractivity contribution < 1.29 is 4.39 Å². The van der Waals surface area contributed by atoms with Crippen molar-refractivity contribution in [3.8, 4) is 0 Å². The van der Waals surface area contributed by atoms with E-state index in [2.05, 4.69) is 12.2 Å². The number of hydrogen-bond donors (Lipinski definition) is 1. The van der Waals surface area contributed by atoms with Crippen LogP contribution in [0.2, 0.25) is 0 Å². The summed E-state index contributed by atoms with van der Waals surface area (Å²) in [5.74, 6) is -0.148. The van der Waals surface area contributed by atoms with Gasteiger partial charge in [0.05, 0.1) is 0 Å². The van der Waals surface area contributed by atoms with E-state index in [1.165, 1.54) is 51.0 Å². The standard InChI is InChI=1S/C16H26FN/c1-2-3-4-5-6-7-8-12-18-14-15-10-9-11-16(17)13-15/h9-11,13,18H,2-8,12,14H2,1H3. The fourth-order valence-corrected chi connectivity index (χ4v) is 2.09. The molecule has 0 bridgehead atoms. The van der Waals surface area contributed by atoms with Crippen molar-refractivity contribution in [2.45, 2.75) is 58.4 Å². The molecule has 0 spiro atoms. The molecular weight excluding hydrogens is 225 g/mol. The van der Waals surface area contributed by atoms with E-state index in [0.29, 0.717) is 0 Å². The fraction of sp³-hybridized carbons (Fsp3) is 0.625. The first-order chi connectivity index (χ1) is 8.83. The Kier molecular flexibility index (Phi) is 8.49. The van der Waals surface area contributed by atoms with Gasteiger partial charge in [0, 0.05) is 6.54 Å². The second-order valence-electron chi connectivity index (χ2n) is 4.93. The smallest absolute Gasteiger partial charge is 0.123 e. The second kappa shape index (κ2) is 10.1. The van der Waals surface area contributed by atoms with Gasteiger partial charge in [-0.25, -0.2) is 4.39 Å². The molecule has 0 saturated carbocycles. The lowest BCUT2D eigenvalue weighted by atomic mass is 10.1. The van der Waals surface area contributed by atoms with E-state index in [-0.39, 0.29) is 5.82 Å². The van der Waals surface area contributed by atoms with Gasteiger partial charge < -0.3 is 5.32 Å². The average Bonchev–Trinajstić information content (AvgIpc) is 2.37. The van der Waals surface area contributed by atoms with Crippen LogP contribution in [0.15, 0.2) is 24.3 Å². The summed E-state index contributed by atoms with van der Waals surface area (Å²) in [5, 5.41) is 3.36. The van der Waals surface area contributed by atoms with Crippen molar-refractivity contribution in [3.05, 3.63) is 35.6 Å². The van der Waals surface area contributed by atoms with Crippen molar-refractivity contribution in [1.82, 2.24) is 5.32 Å². The van der Waals surface area contributed by atoms with Crippen LogP contribution in [0.25, 0.3) is 0 Å². The van der Waals surface area contributed by atoms with Crippen molar-refractivity contribution >= 4 is 0 Å². The highest BCUT2D eigenvalue weighted by atomic mass is 19.1. The summed E-state index contributed by atoms with van der Waals surface area (Å²) >= 11 is 0. The maximum Gasteiger partial charge on any atom is 0.123 e. The molecule has 1 nitrogen and oxygen atoms in total. The molecule has 2 heteroatoms. The minimum absolute atomic E-state index is 0.148. The molecular formula is C16H26FN. The molecule has 0 unspecified atom stereocenters. The topological polar surface area (TPSA) is 12.0 Å². The number of halogens is 1. The molecule has 102 valence electrons. The van der Waals surface area contributed by atoms with Crippen LogP contribution in [-0.2, 0) is 6.54 Å². The van der Waals surface area contributed by atoms with Crippen molar-refractivity contribution in [3.63, 3.8) is 0 Å². The predicted molar refractivity (Wildman–Crippen MR) is 76.1 cm³/mol. The van der Waals surface area contributed by atoms with Gasteiger partial charge in [0.15, 0.2) is 0 Å². The first kappa shape index (κ1) is 15.2. The Hall–Kier alpha value is -0.890. The molecule has 0 aliphatic rings. The molecule has 0 atom stereocenters. The van der Waals surface area contributed by atoms with E-state index < -0.39 is 0 Å². The van der Waals surface area contributed by atoms with E-state index >= 15 is 0 Å². The zero-order chi connectivity index (χ0) is 13.1. The number of benzene rings is 1. The van der Waals surface area contributed by atoms with Crippen LogP contribution in [0.5, 0.6) is 0 Å². The number of rotatable bonds is 10. The van der Waals surface area contributed by atoms with Gasteiger partial charge in [0.2, 0.25) is 0 Å². The van der Waals surface area contributed by atoms with Crippen LogP contribution in [0.3, 0.4) is 0 Å². The van der Waals surface area contributed by atoms with Gasteiger partial charge in [0.1, 0.15) is 5.82 Å². The normalized spacial score (nSPS) is 10.8. The van der Waals surface area contributed by atoms with Crippen LogP contribution in [0, 0.1) is 5.82 Å². The van der Waals surface area contributed by atoms with Crippen LogP contribution < -0.4 is 5.32 Å². The average molecular weight is 251 g/mol. The van der Waals surface area contributed by atoms with Crippen molar-refractivity contribution in [2.24, 2.45) is 0 Å². The van der Waals surface area contributed by atoms with Crippen LogP contribution in [0.1, 0.15) is 57.4 Å². The van der Waals surface area contributed by atoms with Crippen LogP contribution >= 0.6 is 0 Å². The lowest BCUT2D eigenvalue weighted by Crippen LogP contribution is -2.14. The zero-order valence-corrected chi connectivity index (χ0v) is 11.6. The third-order valence-corrected chi connectivity index (χ3v) is 3.18. The van der Waals surface area contributed by atoms with E-state index in [4.69, 9.17) is 0 Å². The SMILES string of the molecule is CCCCCCCCCNCc1cccc(F)c1. The van der Waals surface area contributed by atoms with Crippen LogP contribution in [-0.4, -0.2) is 6.54 Å². The summed E-state index contributed by atoms with van der Waals surface area (Å²) in [4.78, 5) is 0. The maximum atomic E-state index is 12.9. The Morgan fingerprint density at radius 2 is 1.72 bits per heavy atom. The Morgan fingerprint density at radius 1 is 1.00 bits per heavy atom. The number of nitrogens with one attached hydrogen (secondary N) is 1. The van der Waals surface area contributed by atoms with E-state index in [9.17, 15) is 4.39 Å². The summed E-state index contributed by atoms with van der Waals surface area (Å²) in [6, 6.07) is 6.80. The quantitative estimate of drug-likeness (QED) is 0.596. The fourth-order valence-electron chi connectivity index (χ4n) is 2.09. The third-order valence-electron chi connectivity index (χ3n) is 3.18. The van der Waals surface area contributed by atoms with E-state index in [1.54, 1.807) is 12.1 Å². The molecule has 1 rings (SSSR count). The van der Waals surface area contributed by atoms with E-state index in [1.807, 2.05) is 6.07 Å². The first-order valence-electron chi connectivity index (χ1n) is 7.28. The van der Waals surface area contributed by atoms with Gasteiger partial charge >= 0.3 is 0 Å². The van der Waals surface area contributed by atoms with Gasteiger partial charge in [-0.3, -0.25) is 0 Å². The first-order valence-corrected chi connectivity index (χ1v) is 7.28. The third kappa shape index (κ3) is 7.44. The highest BCUT2D eigenvalue weighted by Crippen LogP contribution is 2.06. The Labute approximate surface area is 111 Å². The summed E-state index contributed by atoms with van der Waals surface area (Å²) in [6.45, 7) is 4.05. The molecule has 0 aromatic heterocycles. The summed E-state index contributed by atoms with van der Waals surface area (Å²) in [5.41, 5.74) is 1.03. The number of hydrogen-bond acceptors (Lipinski definition) is 1. The molecule has 0 amide bonds. The minimum Gasteiger partial charge on any atom is -0.313 e. The van der Waals surface area contributed by atoms with Gasteiger partial charge in [0.25, 0.3) is 0 Å². The minimum atomic E-state index is -0.148. The Bertz CT molecular complexity index is 312. The highest BCUT2D eigenvalue weighted by molar-refractivity contribution is 5.15. The van der Waals surface area contributed by atoms with Gasteiger partial charge in [-0.1, -0.05) is 57.6 Å². The largest absolute Gasteiger partial charge is 0.313 e. The molecule has 1 N–H and O–H groups in total. The van der Waals surface area contributed by atoms with Gasteiger partial charge in [-0.05, 0) is 30.7 Å². The summed E-state index contributed by atoms with van der Waals surface area (Å²) in [6.07, 6.45) is 9.32. The molecule has 0 saturated heterocycles. The molecule has 1 aromatic carbocycles. The molecule has 18 heavy (non-hydrogen) atoms. The summed E-state index contributed by atoms with van der Waals surface area (Å²) < 4.78 is 12.9. The molecule has 0 aliphatic heterocycles. The molecule has 0 heterocycles. The predicted octanol–water partition coefficient (Wildman–Crippen LogP) is 4.67. The lowest BCUT2D eigenvalue weighted by molar-refractivity contribution is 0.561. The zero-order valence-electron chi connectivity index (χ0n) is 11.6. The van der Waals surface area contributed by atoms with Gasteiger partial charge in [-0.15, -0.1) is 0 Å². The van der Waals surface area contributed by atoms with Crippen molar-refractivity contribution in [1.29, 1.82) is 0 Å². The lowest BCUT2D eigenvalue weighted by Gasteiger charge is -2.05. The highest BCUT2D eigenvalue weighted by Gasteiger charge is 1.95. The second-order valence-corrected chi connectivity index (χ2v) is 4.93. The number of unbranched alkanes of at least 4 members (excludes halogenated alkanes) is 6. The van der Waals surface area contributed by atoms with E-state index in [0.717, 1.165) is 18.7 Å². The van der Waals surface area contributed by atoms with Gasteiger partial charge in [-0.2, -0.15) is 0 Å². The Balaban J connectivity index is 1.92. The molecule has 0 radical (unpaired) electrons. The molecule has 0 fully saturated rings.